The van der Waals surface area contributed by atoms with E-state index < -0.39 is 0 Å². The molecule has 5 heteroatoms. The third kappa shape index (κ3) is 3.10. The Labute approximate surface area is 107 Å². The zero-order valence-corrected chi connectivity index (χ0v) is 12.1. The lowest BCUT2D eigenvalue weighted by Crippen LogP contribution is -2.42. The van der Waals surface area contributed by atoms with Gasteiger partial charge in [-0.1, -0.05) is 20.8 Å². The molecule has 0 spiro atoms. The lowest BCUT2D eigenvalue weighted by Gasteiger charge is -2.28. The minimum absolute atomic E-state index is 0.131. The second-order valence-corrected chi connectivity index (χ2v) is 5.88. The van der Waals surface area contributed by atoms with Gasteiger partial charge in [-0.2, -0.15) is 0 Å². The molecule has 1 N–H and O–H groups in total. The molecule has 0 radical (unpaired) electrons. The minimum atomic E-state index is -0.299. The molecule has 0 aromatic carbocycles. The van der Waals surface area contributed by atoms with Gasteiger partial charge >= 0.3 is 5.69 Å². The van der Waals surface area contributed by atoms with E-state index in [4.69, 9.17) is 0 Å². The first-order valence-electron chi connectivity index (χ1n) is 6.13. The van der Waals surface area contributed by atoms with Crippen LogP contribution >= 0.6 is 0 Å². The van der Waals surface area contributed by atoms with Crippen molar-refractivity contribution >= 4 is 0 Å². The van der Waals surface area contributed by atoms with Crippen LogP contribution in [-0.4, -0.2) is 15.2 Å². The van der Waals surface area contributed by atoms with Crippen molar-refractivity contribution in [3.63, 3.8) is 0 Å². The standard InChI is InChI=1S/C13H23N3O2/c1-9(13(2,3)4)14-7-10-8-15(5)12(18)16(6)11(10)17/h8-9,14H,7H2,1-6H3. The summed E-state index contributed by atoms with van der Waals surface area (Å²) in [6, 6.07) is 0.277. The third-order valence-corrected chi connectivity index (χ3v) is 3.42. The normalized spacial score (nSPS) is 13.7. The molecule has 18 heavy (non-hydrogen) atoms. The monoisotopic (exact) mass is 253 g/mol. The summed E-state index contributed by atoms with van der Waals surface area (Å²) in [6.07, 6.45) is 1.60. The predicted octanol–water partition coefficient (Wildman–Crippen LogP) is 0.608. The van der Waals surface area contributed by atoms with Crippen LogP contribution in [0.4, 0.5) is 0 Å². The van der Waals surface area contributed by atoms with Crippen LogP contribution in [0.1, 0.15) is 33.3 Å². The second kappa shape index (κ2) is 5.10. The lowest BCUT2D eigenvalue weighted by molar-refractivity contribution is 0.284. The van der Waals surface area contributed by atoms with Crippen molar-refractivity contribution in [1.82, 2.24) is 14.5 Å². The fourth-order valence-corrected chi connectivity index (χ4v) is 1.57. The summed E-state index contributed by atoms with van der Waals surface area (Å²) in [5.41, 5.74) is 0.210. The van der Waals surface area contributed by atoms with Gasteiger partial charge in [0, 0.05) is 38.4 Å². The Hall–Kier alpha value is -1.36. The molecule has 0 aliphatic rings. The van der Waals surface area contributed by atoms with Gasteiger partial charge in [-0.3, -0.25) is 9.36 Å². The molecule has 1 aromatic rings. The summed E-state index contributed by atoms with van der Waals surface area (Å²) in [5, 5.41) is 3.32. The maximum absolute atomic E-state index is 11.9. The number of hydrogen-bond donors (Lipinski definition) is 1. The molecule has 1 rings (SSSR count). The number of aryl methyl sites for hydroxylation is 1. The summed E-state index contributed by atoms with van der Waals surface area (Å²) >= 11 is 0. The summed E-state index contributed by atoms with van der Waals surface area (Å²) in [5.74, 6) is 0. The Bertz CT molecular complexity index is 535. The van der Waals surface area contributed by atoms with Gasteiger partial charge in [0.25, 0.3) is 5.56 Å². The Morgan fingerprint density at radius 3 is 2.33 bits per heavy atom. The number of nitrogens with zero attached hydrogens (tertiary/aromatic N) is 2. The largest absolute Gasteiger partial charge is 0.330 e. The maximum atomic E-state index is 11.9. The van der Waals surface area contributed by atoms with Crippen molar-refractivity contribution in [3.8, 4) is 0 Å². The smallest absolute Gasteiger partial charge is 0.309 e. The van der Waals surface area contributed by atoms with Crippen molar-refractivity contribution in [3.05, 3.63) is 32.6 Å². The van der Waals surface area contributed by atoms with Crippen LogP contribution < -0.4 is 16.6 Å². The number of hydrogen-bond acceptors (Lipinski definition) is 3. The Balaban J connectivity index is 2.94. The van der Waals surface area contributed by atoms with E-state index in [0.717, 1.165) is 4.57 Å². The van der Waals surface area contributed by atoms with Crippen molar-refractivity contribution in [1.29, 1.82) is 0 Å². The fraction of sp³-hybridized carbons (Fsp3) is 0.692. The summed E-state index contributed by atoms with van der Waals surface area (Å²) < 4.78 is 2.57. The molecule has 1 atom stereocenters. The maximum Gasteiger partial charge on any atom is 0.330 e. The molecule has 0 aliphatic heterocycles. The van der Waals surface area contributed by atoms with E-state index in [9.17, 15) is 9.59 Å². The fourth-order valence-electron chi connectivity index (χ4n) is 1.57. The highest BCUT2D eigenvalue weighted by atomic mass is 16.2. The average molecular weight is 253 g/mol. The van der Waals surface area contributed by atoms with Crippen LogP contribution in [-0.2, 0) is 20.6 Å². The van der Waals surface area contributed by atoms with Gasteiger partial charge in [-0.05, 0) is 12.3 Å². The van der Waals surface area contributed by atoms with Gasteiger partial charge in [-0.25, -0.2) is 4.79 Å². The van der Waals surface area contributed by atoms with E-state index in [1.807, 2.05) is 0 Å². The molecule has 0 aliphatic carbocycles. The Kier molecular flexibility index (Phi) is 4.16. The number of rotatable bonds is 3. The zero-order chi connectivity index (χ0) is 14.1. The van der Waals surface area contributed by atoms with Crippen LogP contribution in [0.2, 0.25) is 0 Å². The molecular formula is C13H23N3O2. The predicted molar refractivity (Wildman–Crippen MR) is 72.7 cm³/mol. The molecule has 0 bridgehead atoms. The topological polar surface area (TPSA) is 56.0 Å². The second-order valence-electron chi connectivity index (χ2n) is 5.88. The van der Waals surface area contributed by atoms with Crippen LogP contribution in [0.15, 0.2) is 15.8 Å². The van der Waals surface area contributed by atoms with Gasteiger partial charge in [0.05, 0.1) is 0 Å². The molecular weight excluding hydrogens is 230 g/mol. The average Bonchev–Trinajstić information content (AvgIpc) is 2.27. The molecule has 0 fully saturated rings. The molecule has 1 aromatic heterocycles. The first-order valence-corrected chi connectivity index (χ1v) is 6.13. The molecule has 0 saturated heterocycles. The molecule has 1 unspecified atom stereocenters. The van der Waals surface area contributed by atoms with E-state index in [1.54, 1.807) is 13.2 Å². The van der Waals surface area contributed by atoms with Crippen molar-refractivity contribution in [2.24, 2.45) is 19.5 Å². The lowest BCUT2D eigenvalue weighted by atomic mass is 9.88. The minimum Gasteiger partial charge on any atom is -0.309 e. The van der Waals surface area contributed by atoms with Gasteiger partial charge in [0.1, 0.15) is 0 Å². The highest BCUT2D eigenvalue weighted by Gasteiger charge is 2.19. The van der Waals surface area contributed by atoms with Gasteiger partial charge in [-0.15, -0.1) is 0 Å². The van der Waals surface area contributed by atoms with E-state index in [-0.39, 0.29) is 22.7 Å². The number of nitrogens with one attached hydrogen (secondary N) is 1. The first-order chi connectivity index (χ1) is 8.14. The molecule has 0 amide bonds. The Morgan fingerprint density at radius 2 is 1.83 bits per heavy atom. The van der Waals surface area contributed by atoms with Crippen molar-refractivity contribution in [2.45, 2.75) is 40.3 Å². The quantitative estimate of drug-likeness (QED) is 0.858. The van der Waals surface area contributed by atoms with Gasteiger partial charge < -0.3 is 9.88 Å². The van der Waals surface area contributed by atoms with Crippen molar-refractivity contribution in [2.75, 3.05) is 0 Å². The van der Waals surface area contributed by atoms with Crippen LogP contribution in [0.5, 0.6) is 0 Å². The van der Waals surface area contributed by atoms with E-state index in [2.05, 4.69) is 33.0 Å². The highest BCUT2D eigenvalue weighted by Crippen LogP contribution is 2.18. The van der Waals surface area contributed by atoms with Crippen LogP contribution in [0.3, 0.4) is 0 Å². The molecule has 1 heterocycles. The molecule has 5 nitrogen and oxygen atoms in total. The van der Waals surface area contributed by atoms with E-state index >= 15 is 0 Å². The van der Waals surface area contributed by atoms with Crippen molar-refractivity contribution < 1.29 is 0 Å². The molecule has 0 saturated carbocycles. The third-order valence-electron chi connectivity index (χ3n) is 3.42. The summed E-state index contributed by atoms with van der Waals surface area (Å²) in [4.78, 5) is 23.5. The first kappa shape index (κ1) is 14.7. The molecule has 102 valence electrons. The number of aromatic nitrogens is 2. The summed E-state index contributed by atoms with van der Waals surface area (Å²) in [7, 11) is 3.15. The Morgan fingerprint density at radius 1 is 1.28 bits per heavy atom. The van der Waals surface area contributed by atoms with E-state index in [1.165, 1.54) is 11.6 Å². The summed E-state index contributed by atoms with van der Waals surface area (Å²) in [6.45, 7) is 8.99. The highest BCUT2D eigenvalue weighted by molar-refractivity contribution is 5.05. The van der Waals surface area contributed by atoms with Gasteiger partial charge in [0.2, 0.25) is 0 Å². The van der Waals surface area contributed by atoms with E-state index in [0.29, 0.717) is 12.1 Å². The SMILES string of the molecule is CC(NCc1cn(C)c(=O)n(C)c1=O)C(C)(C)C. The zero-order valence-electron chi connectivity index (χ0n) is 12.1. The van der Waals surface area contributed by atoms with Crippen LogP contribution in [0, 0.1) is 5.41 Å². The van der Waals surface area contributed by atoms with Crippen LogP contribution in [0.25, 0.3) is 0 Å². The van der Waals surface area contributed by atoms with Gasteiger partial charge in [0.15, 0.2) is 0 Å².